The van der Waals surface area contributed by atoms with E-state index in [0.717, 1.165) is 56.1 Å². The van der Waals surface area contributed by atoms with Crippen molar-refractivity contribution in [3.8, 4) is 0 Å². The minimum atomic E-state index is 0.138. The summed E-state index contributed by atoms with van der Waals surface area (Å²) in [6.45, 7) is 6.99. The molecule has 1 aromatic carbocycles. The molecule has 118 valence electrons. The van der Waals surface area contributed by atoms with Crippen LogP contribution in [-0.2, 0) is 11.2 Å². The molecule has 0 radical (unpaired) electrons. The van der Waals surface area contributed by atoms with Crippen LogP contribution < -0.4 is 10.6 Å². The molecule has 1 aliphatic rings. The van der Waals surface area contributed by atoms with E-state index in [1.54, 1.807) is 0 Å². The van der Waals surface area contributed by atoms with Gasteiger partial charge < -0.3 is 15.4 Å². The first-order chi connectivity index (χ1) is 10.1. The summed E-state index contributed by atoms with van der Waals surface area (Å²) in [6, 6.07) is 6.26. The maximum Gasteiger partial charge on any atom is 0.0750 e. The number of ether oxygens (including phenoxy) is 1. The predicted octanol–water partition coefficient (Wildman–Crippen LogP) is 3.63. The van der Waals surface area contributed by atoms with Crippen molar-refractivity contribution in [3.63, 3.8) is 0 Å². The molecule has 1 aliphatic heterocycles. The minimum absolute atomic E-state index is 0.138. The van der Waals surface area contributed by atoms with Gasteiger partial charge in [-0.25, -0.2) is 0 Å². The molecular formula is C17H27ClN2O. The molecule has 0 bridgehead atoms. The van der Waals surface area contributed by atoms with E-state index < -0.39 is 0 Å². The largest absolute Gasteiger partial charge is 0.376 e. The van der Waals surface area contributed by atoms with Gasteiger partial charge in [0, 0.05) is 25.7 Å². The Morgan fingerprint density at radius 3 is 3.00 bits per heavy atom. The highest BCUT2D eigenvalue weighted by Crippen LogP contribution is 2.33. The van der Waals surface area contributed by atoms with Gasteiger partial charge in [-0.05, 0) is 44.2 Å². The average Bonchev–Trinajstić information content (AvgIpc) is 2.45. The Labute approximate surface area is 133 Å². The summed E-state index contributed by atoms with van der Waals surface area (Å²) in [7, 11) is 0. The van der Waals surface area contributed by atoms with Crippen molar-refractivity contribution in [3.05, 3.63) is 28.8 Å². The molecule has 0 saturated carbocycles. The fraction of sp³-hybridized carbons (Fsp3) is 0.647. The van der Waals surface area contributed by atoms with Crippen molar-refractivity contribution in [1.29, 1.82) is 0 Å². The summed E-state index contributed by atoms with van der Waals surface area (Å²) in [5.74, 6) is 0. The summed E-state index contributed by atoms with van der Waals surface area (Å²) in [5, 5.41) is 0.823. The molecule has 4 heteroatoms. The number of hydrogen-bond donors (Lipinski definition) is 1. The van der Waals surface area contributed by atoms with E-state index in [1.165, 1.54) is 5.56 Å². The number of rotatable bonds is 6. The normalized spacial score (nSPS) is 20.6. The second-order valence-electron chi connectivity index (χ2n) is 6.01. The number of nitrogens with two attached hydrogens (primary N) is 1. The smallest absolute Gasteiger partial charge is 0.0750 e. The fourth-order valence-corrected chi connectivity index (χ4v) is 3.30. The maximum atomic E-state index is 6.47. The fourth-order valence-electron chi connectivity index (χ4n) is 2.99. The Morgan fingerprint density at radius 1 is 1.48 bits per heavy atom. The molecule has 3 nitrogen and oxygen atoms in total. The highest BCUT2D eigenvalue weighted by Gasteiger charge is 2.24. The number of hydrogen-bond acceptors (Lipinski definition) is 3. The van der Waals surface area contributed by atoms with Gasteiger partial charge in [-0.1, -0.05) is 30.7 Å². The average molecular weight is 311 g/mol. The van der Waals surface area contributed by atoms with Gasteiger partial charge in [-0.2, -0.15) is 0 Å². The van der Waals surface area contributed by atoms with Crippen LogP contribution in [0.25, 0.3) is 0 Å². The van der Waals surface area contributed by atoms with E-state index in [1.807, 2.05) is 19.1 Å². The van der Waals surface area contributed by atoms with Gasteiger partial charge >= 0.3 is 0 Å². The van der Waals surface area contributed by atoms with Crippen LogP contribution in [0.3, 0.4) is 0 Å². The standard InChI is InChI=1S/C17H27ClN2O/c1-3-10-21-15-7-5-9-20(12-15)17-14(11-13(2)19)6-4-8-16(17)18/h4,6,8,13,15H,3,5,7,9-12,19H2,1-2H3. The van der Waals surface area contributed by atoms with Crippen LogP contribution >= 0.6 is 11.6 Å². The number of para-hydroxylation sites is 1. The van der Waals surface area contributed by atoms with Crippen molar-refractivity contribution in [2.45, 2.75) is 51.7 Å². The van der Waals surface area contributed by atoms with Gasteiger partial charge in [0.1, 0.15) is 0 Å². The van der Waals surface area contributed by atoms with Crippen LogP contribution in [0.4, 0.5) is 5.69 Å². The topological polar surface area (TPSA) is 38.5 Å². The van der Waals surface area contributed by atoms with Crippen LogP contribution in [0.15, 0.2) is 18.2 Å². The summed E-state index contributed by atoms with van der Waals surface area (Å²) >= 11 is 6.47. The second-order valence-corrected chi connectivity index (χ2v) is 6.42. The number of anilines is 1. The van der Waals surface area contributed by atoms with Gasteiger partial charge in [-0.3, -0.25) is 0 Å². The first-order valence-electron chi connectivity index (χ1n) is 8.01. The van der Waals surface area contributed by atoms with Gasteiger partial charge in [0.25, 0.3) is 0 Å². The van der Waals surface area contributed by atoms with Crippen molar-refractivity contribution >= 4 is 17.3 Å². The van der Waals surface area contributed by atoms with Crippen LogP contribution in [0.2, 0.25) is 5.02 Å². The van der Waals surface area contributed by atoms with Crippen molar-refractivity contribution in [1.82, 2.24) is 0 Å². The molecule has 1 heterocycles. The van der Waals surface area contributed by atoms with Gasteiger partial charge in [0.05, 0.1) is 16.8 Å². The van der Waals surface area contributed by atoms with Crippen molar-refractivity contribution in [2.24, 2.45) is 5.73 Å². The maximum absolute atomic E-state index is 6.47. The molecule has 2 atom stereocenters. The lowest BCUT2D eigenvalue weighted by Crippen LogP contribution is -2.40. The molecule has 2 unspecified atom stereocenters. The van der Waals surface area contributed by atoms with E-state index in [0.29, 0.717) is 6.10 Å². The van der Waals surface area contributed by atoms with Crippen LogP contribution in [0.5, 0.6) is 0 Å². The Bertz CT molecular complexity index is 450. The molecule has 21 heavy (non-hydrogen) atoms. The van der Waals surface area contributed by atoms with Crippen LogP contribution in [0.1, 0.15) is 38.7 Å². The van der Waals surface area contributed by atoms with E-state index in [9.17, 15) is 0 Å². The molecule has 1 fully saturated rings. The van der Waals surface area contributed by atoms with Crippen LogP contribution in [0, 0.1) is 0 Å². The third kappa shape index (κ3) is 4.60. The summed E-state index contributed by atoms with van der Waals surface area (Å²) < 4.78 is 5.94. The summed E-state index contributed by atoms with van der Waals surface area (Å²) in [6.07, 6.45) is 4.53. The Morgan fingerprint density at radius 2 is 2.29 bits per heavy atom. The first kappa shape index (κ1) is 16.6. The molecule has 2 rings (SSSR count). The van der Waals surface area contributed by atoms with Crippen molar-refractivity contribution < 1.29 is 4.74 Å². The first-order valence-corrected chi connectivity index (χ1v) is 8.39. The lowest BCUT2D eigenvalue weighted by Gasteiger charge is -2.36. The highest BCUT2D eigenvalue weighted by atomic mass is 35.5. The number of piperidine rings is 1. The monoisotopic (exact) mass is 310 g/mol. The highest BCUT2D eigenvalue weighted by molar-refractivity contribution is 6.33. The van der Waals surface area contributed by atoms with Gasteiger partial charge in [-0.15, -0.1) is 0 Å². The SMILES string of the molecule is CCCOC1CCCN(c2c(Cl)cccc2CC(C)N)C1. The lowest BCUT2D eigenvalue weighted by atomic mass is 10.0. The lowest BCUT2D eigenvalue weighted by molar-refractivity contribution is 0.0440. The molecule has 0 amide bonds. The predicted molar refractivity (Wildman–Crippen MR) is 90.3 cm³/mol. The third-order valence-corrected chi connectivity index (χ3v) is 4.17. The molecule has 1 saturated heterocycles. The zero-order chi connectivity index (χ0) is 15.2. The zero-order valence-corrected chi connectivity index (χ0v) is 13.9. The molecular weight excluding hydrogens is 284 g/mol. The molecule has 0 aliphatic carbocycles. The number of halogens is 1. The zero-order valence-electron chi connectivity index (χ0n) is 13.1. The van der Waals surface area contributed by atoms with Crippen molar-refractivity contribution in [2.75, 3.05) is 24.6 Å². The molecule has 0 aromatic heterocycles. The van der Waals surface area contributed by atoms with Gasteiger partial charge in [0.15, 0.2) is 0 Å². The van der Waals surface area contributed by atoms with E-state index in [4.69, 9.17) is 22.1 Å². The van der Waals surface area contributed by atoms with Gasteiger partial charge in [0.2, 0.25) is 0 Å². The quantitative estimate of drug-likeness (QED) is 0.872. The summed E-state index contributed by atoms with van der Waals surface area (Å²) in [5.41, 5.74) is 8.38. The van der Waals surface area contributed by atoms with Crippen LogP contribution in [-0.4, -0.2) is 31.8 Å². The van der Waals surface area contributed by atoms with E-state index >= 15 is 0 Å². The Hall–Kier alpha value is -0.770. The molecule has 2 N–H and O–H groups in total. The van der Waals surface area contributed by atoms with E-state index in [-0.39, 0.29) is 6.04 Å². The Balaban J connectivity index is 2.16. The Kier molecular flexibility index (Phi) is 6.34. The summed E-state index contributed by atoms with van der Waals surface area (Å²) in [4.78, 5) is 2.38. The third-order valence-electron chi connectivity index (χ3n) is 3.86. The number of benzene rings is 1. The molecule has 1 aromatic rings. The number of nitrogens with zero attached hydrogens (tertiary/aromatic N) is 1. The molecule has 0 spiro atoms. The second kappa shape index (κ2) is 8.02. The minimum Gasteiger partial charge on any atom is -0.376 e. The van der Waals surface area contributed by atoms with E-state index in [2.05, 4.69) is 17.9 Å².